The summed E-state index contributed by atoms with van der Waals surface area (Å²) in [4.78, 5) is 28.0. The second-order valence-electron chi connectivity index (χ2n) is 9.66. The molecule has 0 aliphatic carbocycles. The molecule has 0 saturated carbocycles. The van der Waals surface area contributed by atoms with Crippen LogP contribution in [0.25, 0.3) is 0 Å². The topological polar surface area (TPSA) is 89.6 Å². The number of amides is 2. The minimum absolute atomic E-state index is 0.0733. The molecule has 1 atom stereocenters. The van der Waals surface area contributed by atoms with E-state index in [0.29, 0.717) is 19.7 Å². The quantitative estimate of drug-likeness (QED) is 0.499. The lowest BCUT2D eigenvalue weighted by Crippen LogP contribution is -2.58. The number of rotatable bonds is 9. The van der Waals surface area contributed by atoms with Gasteiger partial charge in [0.25, 0.3) is 0 Å². The number of nitrogens with two attached hydrogens (primary N) is 1. The Morgan fingerprint density at radius 3 is 2.34 bits per heavy atom. The van der Waals surface area contributed by atoms with Gasteiger partial charge in [-0.2, -0.15) is 0 Å². The predicted octanol–water partition coefficient (Wildman–Crippen LogP) is 2.86. The van der Waals surface area contributed by atoms with Crippen molar-refractivity contribution in [1.29, 1.82) is 0 Å². The summed E-state index contributed by atoms with van der Waals surface area (Å²) in [6, 6.07) is 21.3. The van der Waals surface area contributed by atoms with Crippen LogP contribution in [0.15, 0.2) is 72.9 Å². The highest BCUT2D eigenvalue weighted by molar-refractivity contribution is 5.91. The molecule has 0 fully saturated rings. The molecule has 0 bridgehead atoms. The minimum atomic E-state index is -1.10. The molecule has 4 rings (SSSR count). The van der Waals surface area contributed by atoms with Gasteiger partial charge in [0, 0.05) is 25.0 Å². The second-order valence-corrected chi connectivity index (χ2v) is 9.66. The molecule has 1 aliphatic heterocycles. The van der Waals surface area contributed by atoms with Gasteiger partial charge in [-0.3, -0.25) is 9.59 Å². The number of hydrogen-bond acceptors (Lipinski definition) is 4. The molecule has 1 aliphatic rings. The molecule has 2 heterocycles. The van der Waals surface area contributed by atoms with Gasteiger partial charge in [-0.1, -0.05) is 60.7 Å². The van der Waals surface area contributed by atoms with Crippen LogP contribution in [0, 0.1) is 0 Å². The van der Waals surface area contributed by atoms with Gasteiger partial charge in [0.05, 0.1) is 25.3 Å². The zero-order valence-electron chi connectivity index (χ0n) is 20.4. The summed E-state index contributed by atoms with van der Waals surface area (Å²) in [5, 5.41) is 2.83. The normalized spacial score (nSPS) is 14.3. The highest BCUT2D eigenvalue weighted by atomic mass is 16.5. The average molecular weight is 475 g/mol. The number of aromatic nitrogens is 1. The van der Waals surface area contributed by atoms with E-state index in [0.717, 1.165) is 24.2 Å². The SMILES string of the molecule is CC(C)(N)C(=O)N[C@H](COCc1ccccc1)C(=O)N1CCc2ccn(Cc3ccccc3)c2C1. The summed E-state index contributed by atoms with van der Waals surface area (Å²) >= 11 is 0. The number of benzene rings is 2. The molecule has 7 heteroatoms. The van der Waals surface area contributed by atoms with Crippen LogP contribution in [0.3, 0.4) is 0 Å². The number of fused-ring (bicyclic) bond motifs is 1. The standard InChI is InChI=1S/C28H34N4O3/c1-28(2,29)27(34)30-24(20-35-19-22-11-7-4-8-12-22)26(33)32-16-14-23-13-15-31(25(23)18-32)17-21-9-5-3-6-10-21/h3-13,15,24H,14,16-20,29H2,1-2H3,(H,30,34)/t24-/m1/s1. The third kappa shape index (κ3) is 6.38. The van der Waals surface area contributed by atoms with Crippen LogP contribution in [0.1, 0.15) is 36.2 Å². The molecule has 0 spiro atoms. The average Bonchev–Trinajstić information content (AvgIpc) is 3.25. The van der Waals surface area contributed by atoms with E-state index in [1.807, 2.05) is 53.4 Å². The molecule has 0 radical (unpaired) electrons. The maximum Gasteiger partial charge on any atom is 0.247 e. The van der Waals surface area contributed by atoms with Gasteiger partial charge in [0.15, 0.2) is 0 Å². The Labute approximate surface area is 206 Å². The lowest BCUT2D eigenvalue weighted by atomic mass is 10.0. The van der Waals surface area contributed by atoms with E-state index in [1.165, 1.54) is 11.1 Å². The van der Waals surface area contributed by atoms with Gasteiger partial charge < -0.3 is 25.3 Å². The molecule has 7 nitrogen and oxygen atoms in total. The Bertz CT molecular complexity index is 1140. The molecular weight excluding hydrogens is 440 g/mol. The maximum absolute atomic E-state index is 13.6. The fourth-order valence-corrected chi connectivity index (χ4v) is 4.21. The van der Waals surface area contributed by atoms with Crippen LogP contribution in [0.2, 0.25) is 0 Å². The first-order chi connectivity index (χ1) is 16.8. The van der Waals surface area contributed by atoms with Crippen molar-refractivity contribution in [2.45, 2.75) is 51.5 Å². The van der Waals surface area contributed by atoms with E-state index >= 15 is 0 Å². The number of carbonyl (C=O) groups is 2. The second kappa shape index (κ2) is 10.9. The van der Waals surface area contributed by atoms with Crippen molar-refractivity contribution in [1.82, 2.24) is 14.8 Å². The molecule has 2 aromatic carbocycles. The maximum atomic E-state index is 13.6. The Morgan fingerprint density at radius 1 is 1.03 bits per heavy atom. The molecule has 35 heavy (non-hydrogen) atoms. The molecule has 2 amide bonds. The first kappa shape index (κ1) is 24.7. The molecule has 0 saturated heterocycles. The molecular formula is C28H34N4O3. The lowest BCUT2D eigenvalue weighted by Gasteiger charge is -2.32. The van der Waals surface area contributed by atoms with Gasteiger partial charge >= 0.3 is 0 Å². The Kier molecular flexibility index (Phi) is 7.68. The van der Waals surface area contributed by atoms with E-state index in [4.69, 9.17) is 10.5 Å². The van der Waals surface area contributed by atoms with Gasteiger partial charge in [0.1, 0.15) is 6.04 Å². The van der Waals surface area contributed by atoms with Crippen LogP contribution in [0.4, 0.5) is 0 Å². The van der Waals surface area contributed by atoms with Crippen LogP contribution in [-0.2, 0) is 40.4 Å². The van der Waals surface area contributed by atoms with Crippen molar-refractivity contribution in [3.05, 3.63) is 95.3 Å². The van der Waals surface area contributed by atoms with E-state index < -0.39 is 11.6 Å². The van der Waals surface area contributed by atoms with Gasteiger partial charge in [-0.25, -0.2) is 0 Å². The first-order valence-corrected chi connectivity index (χ1v) is 12.0. The van der Waals surface area contributed by atoms with E-state index in [9.17, 15) is 9.59 Å². The van der Waals surface area contributed by atoms with E-state index in [-0.39, 0.29) is 18.4 Å². The third-order valence-electron chi connectivity index (χ3n) is 6.26. The number of nitrogens with zero attached hydrogens (tertiary/aromatic N) is 2. The summed E-state index contributed by atoms with van der Waals surface area (Å²) in [5.41, 5.74) is 9.49. The van der Waals surface area contributed by atoms with Crippen molar-refractivity contribution in [2.75, 3.05) is 13.2 Å². The summed E-state index contributed by atoms with van der Waals surface area (Å²) in [5.74, 6) is -0.543. The Balaban J connectivity index is 1.46. The predicted molar refractivity (Wildman–Crippen MR) is 135 cm³/mol. The zero-order valence-corrected chi connectivity index (χ0v) is 20.4. The van der Waals surface area contributed by atoms with Crippen LogP contribution >= 0.6 is 0 Å². The number of hydrogen-bond donors (Lipinski definition) is 2. The summed E-state index contributed by atoms with van der Waals surface area (Å²) in [7, 11) is 0. The van der Waals surface area contributed by atoms with E-state index in [2.05, 4.69) is 34.3 Å². The van der Waals surface area contributed by atoms with Crippen LogP contribution < -0.4 is 11.1 Å². The number of ether oxygens (including phenoxy) is 1. The van der Waals surface area contributed by atoms with Crippen molar-refractivity contribution in [2.24, 2.45) is 5.73 Å². The van der Waals surface area contributed by atoms with Gasteiger partial charge in [-0.05, 0) is 43.0 Å². The number of nitrogens with one attached hydrogen (secondary N) is 1. The molecule has 3 aromatic rings. The van der Waals surface area contributed by atoms with Crippen molar-refractivity contribution >= 4 is 11.8 Å². The monoisotopic (exact) mass is 474 g/mol. The highest BCUT2D eigenvalue weighted by Gasteiger charge is 2.33. The van der Waals surface area contributed by atoms with Crippen molar-refractivity contribution in [3.8, 4) is 0 Å². The Morgan fingerprint density at radius 2 is 1.69 bits per heavy atom. The van der Waals surface area contributed by atoms with Crippen LogP contribution in [-0.4, -0.2) is 46.0 Å². The summed E-state index contributed by atoms with van der Waals surface area (Å²) in [6.07, 6.45) is 2.86. The number of carbonyl (C=O) groups excluding carboxylic acids is 2. The fourth-order valence-electron chi connectivity index (χ4n) is 4.21. The fraction of sp³-hybridized carbons (Fsp3) is 0.357. The molecule has 3 N–H and O–H groups in total. The van der Waals surface area contributed by atoms with Crippen molar-refractivity contribution in [3.63, 3.8) is 0 Å². The van der Waals surface area contributed by atoms with E-state index in [1.54, 1.807) is 13.8 Å². The Hall–Kier alpha value is -3.42. The highest BCUT2D eigenvalue weighted by Crippen LogP contribution is 2.22. The largest absolute Gasteiger partial charge is 0.374 e. The third-order valence-corrected chi connectivity index (χ3v) is 6.26. The van der Waals surface area contributed by atoms with Gasteiger partial charge in [0.2, 0.25) is 11.8 Å². The van der Waals surface area contributed by atoms with Gasteiger partial charge in [-0.15, -0.1) is 0 Å². The van der Waals surface area contributed by atoms with Crippen LogP contribution in [0.5, 0.6) is 0 Å². The summed E-state index contributed by atoms with van der Waals surface area (Å²) in [6.45, 7) is 5.51. The zero-order chi connectivity index (χ0) is 24.8. The minimum Gasteiger partial charge on any atom is -0.374 e. The first-order valence-electron chi connectivity index (χ1n) is 12.0. The molecule has 0 unspecified atom stereocenters. The molecule has 1 aromatic heterocycles. The molecule has 184 valence electrons. The summed E-state index contributed by atoms with van der Waals surface area (Å²) < 4.78 is 8.06. The lowest BCUT2D eigenvalue weighted by molar-refractivity contribution is -0.140. The smallest absolute Gasteiger partial charge is 0.247 e. The van der Waals surface area contributed by atoms with Crippen molar-refractivity contribution < 1.29 is 14.3 Å².